The molecule has 0 bridgehead atoms. The predicted octanol–water partition coefficient (Wildman–Crippen LogP) is 3.27. The van der Waals surface area contributed by atoms with Crippen LogP contribution in [0.25, 0.3) is 0 Å². The normalized spacial score (nSPS) is 10.6. The highest BCUT2D eigenvalue weighted by Crippen LogP contribution is 2.18. The lowest BCUT2D eigenvalue weighted by molar-refractivity contribution is 0.306. The minimum Gasteiger partial charge on any atom is -0.489 e. The third-order valence-corrected chi connectivity index (χ3v) is 3.66. The SMILES string of the molecule is CNCCCNCc1ccc(OCc2ccccc2)cc1C. The van der Waals surface area contributed by atoms with Crippen molar-refractivity contribution >= 4 is 0 Å². The predicted molar refractivity (Wildman–Crippen MR) is 92.2 cm³/mol. The first-order valence-electron chi connectivity index (χ1n) is 7.91. The number of nitrogens with one attached hydrogen (secondary N) is 2. The zero-order chi connectivity index (χ0) is 15.6. The molecule has 0 saturated carbocycles. The first-order chi connectivity index (χ1) is 10.8. The molecular weight excluding hydrogens is 272 g/mol. The van der Waals surface area contributed by atoms with Crippen LogP contribution in [0.2, 0.25) is 0 Å². The van der Waals surface area contributed by atoms with Gasteiger partial charge in [0.2, 0.25) is 0 Å². The van der Waals surface area contributed by atoms with Crippen molar-refractivity contribution in [2.75, 3.05) is 20.1 Å². The summed E-state index contributed by atoms with van der Waals surface area (Å²) in [6, 6.07) is 16.6. The number of rotatable bonds is 9. The Morgan fingerprint density at radius 1 is 1.00 bits per heavy atom. The Kier molecular flexibility index (Phi) is 6.94. The molecular formula is C19H26N2O. The average molecular weight is 298 g/mol. The van der Waals surface area contributed by atoms with E-state index in [1.807, 2.05) is 25.2 Å². The lowest BCUT2D eigenvalue weighted by Crippen LogP contribution is -2.19. The first-order valence-corrected chi connectivity index (χ1v) is 7.91. The second-order valence-electron chi connectivity index (χ2n) is 5.50. The summed E-state index contributed by atoms with van der Waals surface area (Å²) in [5.74, 6) is 0.931. The zero-order valence-electron chi connectivity index (χ0n) is 13.6. The molecule has 0 amide bonds. The van der Waals surface area contributed by atoms with Gasteiger partial charge in [0.15, 0.2) is 0 Å². The van der Waals surface area contributed by atoms with Crippen molar-refractivity contribution in [2.24, 2.45) is 0 Å². The number of hydrogen-bond donors (Lipinski definition) is 2. The van der Waals surface area contributed by atoms with Gasteiger partial charge < -0.3 is 15.4 Å². The van der Waals surface area contributed by atoms with Gasteiger partial charge >= 0.3 is 0 Å². The molecule has 0 fully saturated rings. The molecule has 3 heteroatoms. The van der Waals surface area contributed by atoms with E-state index in [-0.39, 0.29) is 0 Å². The monoisotopic (exact) mass is 298 g/mol. The highest BCUT2D eigenvalue weighted by Gasteiger charge is 2.01. The molecule has 22 heavy (non-hydrogen) atoms. The van der Waals surface area contributed by atoms with E-state index in [1.54, 1.807) is 0 Å². The maximum atomic E-state index is 5.86. The van der Waals surface area contributed by atoms with Gasteiger partial charge in [0.1, 0.15) is 12.4 Å². The highest BCUT2D eigenvalue weighted by atomic mass is 16.5. The quantitative estimate of drug-likeness (QED) is 0.697. The van der Waals surface area contributed by atoms with Gasteiger partial charge in [-0.2, -0.15) is 0 Å². The Bertz CT molecular complexity index is 555. The number of benzene rings is 2. The zero-order valence-corrected chi connectivity index (χ0v) is 13.6. The lowest BCUT2D eigenvalue weighted by atomic mass is 10.1. The Morgan fingerprint density at radius 3 is 2.55 bits per heavy atom. The van der Waals surface area contributed by atoms with Crippen LogP contribution in [0.5, 0.6) is 5.75 Å². The summed E-state index contributed by atoms with van der Waals surface area (Å²) in [7, 11) is 1.98. The molecule has 118 valence electrons. The molecule has 0 heterocycles. The summed E-state index contributed by atoms with van der Waals surface area (Å²) < 4.78 is 5.86. The molecule has 0 unspecified atom stereocenters. The molecule has 2 aromatic carbocycles. The van der Waals surface area contributed by atoms with E-state index in [1.165, 1.54) is 16.7 Å². The molecule has 2 aromatic rings. The smallest absolute Gasteiger partial charge is 0.120 e. The van der Waals surface area contributed by atoms with Crippen molar-refractivity contribution in [3.8, 4) is 5.75 Å². The van der Waals surface area contributed by atoms with Crippen LogP contribution in [0, 0.1) is 6.92 Å². The van der Waals surface area contributed by atoms with Gasteiger partial charge in [-0.25, -0.2) is 0 Å². The van der Waals surface area contributed by atoms with Gasteiger partial charge in [0.05, 0.1) is 0 Å². The van der Waals surface area contributed by atoms with Crippen molar-refractivity contribution in [3.63, 3.8) is 0 Å². The molecule has 0 aliphatic rings. The maximum Gasteiger partial charge on any atom is 0.120 e. The molecule has 0 aromatic heterocycles. The van der Waals surface area contributed by atoms with Crippen LogP contribution in [0.4, 0.5) is 0 Å². The van der Waals surface area contributed by atoms with Crippen molar-refractivity contribution in [2.45, 2.75) is 26.5 Å². The van der Waals surface area contributed by atoms with Gasteiger partial charge in [-0.1, -0.05) is 36.4 Å². The topological polar surface area (TPSA) is 33.3 Å². The second-order valence-corrected chi connectivity index (χ2v) is 5.50. The van der Waals surface area contributed by atoms with Crippen LogP contribution in [0.3, 0.4) is 0 Å². The van der Waals surface area contributed by atoms with E-state index in [4.69, 9.17) is 4.74 Å². The molecule has 2 N–H and O–H groups in total. The number of aryl methyl sites for hydroxylation is 1. The van der Waals surface area contributed by atoms with Crippen LogP contribution in [0.15, 0.2) is 48.5 Å². The third kappa shape index (κ3) is 5.51. The van der Waals surface area contributed by atoms with Crippen LogP contribution >= 0.6 is 0 Å². The molecule has 0 saturated heterocycles. The van der Waals surface area contributed by atoms with E-state index in [9.17, 15) is 0 Å². The van der Waals surface area contributed by atoms with E-state index >= 15 is 0 Å². The number of ether oxygens (including phenoxy) is 1. The van der Waals surface area contributed by atoms with E-state index < -0.39 is 0 Å². The van der Waals surface area contributed by atoms with Crippen molar-refractivity contribution in [1.82, 2.24) is 10.6 Å². The first kappa shape index (κ1) is 16.5. The third-order valence-electron chi connectivity index (χ3n) is 3.66. The molecule has 0 aliphatic carbocycles. The standard InChI is InChI=1S/C19H26N2O/c1-16-13-19(22-15-17-7-4-3-5-8-17)10-9-18(16)14-21-12-6-11-20-2/h3-5,7-10,13,20-21H,6,11-12,14-15H2,1-2H3. The maximum absolute atomic E-state index is 5.86. The summed E-state index contributed by atoms with van der Waals surface area (Å²) in [6.45, 7) is 5.75. The molecule has 2 rings (SSSR count). The fourth-order valence-electron chi connectivity index (χ4n) is 2.31. The van der Waals surface area contributed by atoms with Crippen molar-refractivity contribution in [1.29, 1.82) is 0 Å². The van der Waals surface area contributed by atoms with E-state index in [0.717, 1.165) is 31.8 Å². The second kappa shape index (κ2) is 9.23. The lowest BCUT2D eigenvalue weighted by Gasteiger charge is -2.11. The largest absolute Gasteiger partial charge is 0.489 e. The van der Waals surface area contributed by atoms with Crippen molar-refractivity contribution < 1.29 is 4.74 Å². The molecule has 0 atom stereocenters. The molecule has 0 spiro atoms. The fraction of sp³-hybridized carbons (Fsp3) is 0.368. The average Bonchev–Trinajstić information content (AvgIpc) is 2.55. The minimum absolute atomic E-state index is 0.613. The summed E-state index contributed by atoms with van der Waals surface area (Å²) in [6.07, 6.45) is 1.15. The molecule has 3 nitrogen and oxygen atoms in total. The minimum atomic E-state index is 0.613. The Morgan fingerprint density at radius 2 is 1.82 bits per heavy atom. The Balaban J connectivity index is 1.81. The van der Waals surface area contributed by atoms with Crippen LogP contribution in [-0.4, -0.2) is 20.1 Å². The van der Waals surface area contributed by atoms with E-state index in [0.29, 0.717) is 6.61 Å². The van der Waals surface area contributed by atoms with Gasteiger partial charge in [0.25, 0.3) is 0 Å². The highest BCUT2D eigenvalue weighted by molar-refractivity contribution is 5.35. The van der Waals surface area contributed by atoms with Gasteiger partial charge in [-0.3, -0.25) is 0 Å². The van der Waals surface area contributed by atoms with Gasteiger partial charge in [-0.05, 0) is 62.3 Å². The van der Waals surface area contributed by atoms with Crippen molar-refractivity contribution in [3.05, 3.63) is 65.2 Å². The molecule has 0 radical (unpaired) electrons. The van der Waals surface area contributed by atoms with E-state index in [2.05, 4.69) is 47.9 Å². The van der Waals surface area contributed by atoms with Crippen LogP contribution < -0.4 is 15.4 Å². The van der Waals surface area contributed by atoms with Gasteiger partial charge in [0, 0.05) is 6.54 Å². The summed E-state index contributed by atoms with van der Waals surface area (Å²) in [4.78, 5) is 0. The fourth-order valence-corrected chi connectivity index (χ4v) is 2.31. The molecule has 0 aliphatic heterocycles. The Hall–Kier alpha value is -1.84. The Labute approximate surface area is 133 Å². The summed E-state index contributed by atoms with van der Waals surface area (Å²) >= 11 is 0. The van der Waals surface area contributed by atoms with Gasteiger partial charge in [-0.15, -0.1) is 0 Å². The number of hydrogen-bond acceptors (Lipinski definition) is 3. The summed E-state index contributed by atoms with van der Waals surface area (Å²) in [5.41, 5.74) is 3.79. The summed E-state index contributed by atoms with van der Waals surface area (Å²) in [5, 5.41) is 6.63. The van der Waals surface area contributed by atoms with Crippen LogP contribution in [0.1, 0.15) is 23.1 Å². The van der Waals surface area contributed by atoms with Crippen LogP contribution in [-0.2, 0) is 13.2 Å².